The maximum Gasteiger partial charge on any atom is 0.243 e. The molecule has 148 valence electrons. The lowest BCUT2D eigenvalue weighted by atomic mass is 10.1. The highest BCUT2D eigenvalue weighted by Gasteiger charge is 2.28. The van der Waals surface area contributed by atoms with Crippen LogP contribution in [0.2, 0.25) is 0 Å². The summed E-state index contributed by atoms with van der Waals surface area (Å²) < 4.78 is 29.8. The van der Waals surface area contributed by atoms with E-state index >= 15 is 0 Å². The van der Waals surface area contributed by atoms with Crippen molar-refractivity contribution in [2.45, 2.75) is 11.4 Å². The summed E-state index contributed by atoms with van der Waals surface area (Å²) in [4.78, 5) is 7.26. The van der Waals surface area contributed by atoms with Crippen LogP contribution in [0.1, 0.15) is 5.69 Å². The summed E-state index contributed by atoms with van der Waals surface area (Å²) in [5, 5.41) is 1.99. The summed E-state index contributed by atoms with van der Waals surface area (Å²) in [5.74, 6) is 0. The van der Waals surface area contributed by atoms with E-state index in [-0.39, 0.29) is 0 Å². The Morgan fingerprint density at radius 1 is 0.862 bits per heavy atom. The van der Waals surface area contributed by atoms with Gasteiger partial charge in [-0.15, -0.1) is 0 Å². The number of imidazole rings is 1. The van der Waals surface area contributed by atoms with Crippen molar-refractivity contribution in [3.63, 3.8) is 0 Å². The van der Waals surface area contributed by atoms with Gasteiger partial charge in [0, 0.05) is 45.1 Å². The number of sulfonamides is 1. The second-order valence-electron chi connectivity index (χ2n) is 7.39. The van der Waals surface area contributed by atoms with Gasteiger partial charge in [-0.1, -0.05) is 36.4 Å². The van der Waals surface area contributed by atoms with Crippen LogP contribution in [0, 0.1) is 0 Å². The molecule has 6 nitrogen and oxygen atoms in total. The molecule has 0 amide bonds. The summed E-state index contributed by atoms with van der Waals surface area (Å²) in [6.07, 6.45) is 4.02. The number of hydrogen-bond donors (Lipinski definition) is 0. The lowest BCUT2D eigenvalue weighted by Gasteiger charge is -2.33. The molecule has 0 radical (unpaired) electrons. The molecule has 7 heteroatoms. The Bertz CT molecular complexity index is 1240. The fraction of sp³-hybridized carbons (Fsp3) is 0.227. The van der Waals surface area contributed by atoms with Crippen molar-refractivity contribution >= 4 is 26.4 Å². The Labute approximate surface area is 170 Å². The van der Waals surface area contributed by atoms with E-state index in [4.69, 9.17) is 0 Å². The minimum Gasteiger partial charge on any atom is -0.307 e. The topological polar surface area (TPSA) is 57.9 Å². The van der Waals surface area contributed by atoms with Crippen molar-refractivity contribution in [1.29, 1.82) is 0 Å². The van der Waals surface area contributed by atoms with E-state index in [1.54, 1.807) is 16.4 Å². The van der Waals surface area contributed by atoms with Gasteiger partial charge in [0.1, 0.15) is 5.65 Å². The summed E-state index contributed by atoms with van der Waals surface area (Å²) in [6.45, 7) is 3.10. The first-order valence-electron chi connectivity index (χ1n) is 9.73. The van der Waals surface area contributed by atoms with Gasteiger partial charge in [0.2, 0.25) is 10.0 Å². The van der Waals surface area contributed by atoms with Crippen LogP contribution in [0.3, 0.4) is 0 Å². The number of aromatic nitrogens is 2. The first kappa shape index (κ1) is 18.3. The highest BCUT2D eigenvalue weighted by Crippen LogP contribution is 2.23. The molecule has 2 aromatic carbocycles. The van der Waals surface area contributed by atoms with Crippen molar-refractivity contribution < 1.29 is 8.42 Å². The molecule has 4 aromatic rings. The summed E-state index contributed by atoms with van der Waals surface area (Å²) in [7, 11) is -3.48. The highest BCUT2D eigenvalue weighted by atomic mass is 32.2. The average Bonchev–Trinajstić information content (AvgIpc) is 3.16. The van der Waals surface area contributed by atoms with Gasteiger partial charge in [0.05, 0.1) is 10.6 Å². The lowest BCUT2D eigenvalue weighted by molar-refractivity contribution is 0.180. The molecule has 0 aliphatic carbocycles. The standard InChI is InChI=1S/C22H22N4O2S/c27-29(28,21-9-8-18-5-1-2-6-19(18)15-21)26-13-11-24(12-14-26)16-20-17-25-10-4-3-7-22(25)23-20/h1-10,15,17H,11-14,16H2. The third-order valence-corrected chi connectivity index (χ3v) is 7.38. The predicted molar refractivity (Wildman–Crippen MR) is 113 cm³/mol. The van der Waals surface area contributed by atoms with Gasteiger partial charge in [-0.05, 0) is 35.0 Å². The summed E-state index contributed by atoms with van der Waals surface area (Å²) in [6, 6.07) is 19.1. The van der Waals surface area contributed by atoms with Crippen molar-refractivity contribution in [3.8, 4) is 0 Å². The highest BCUT2D eigenvalue weighted by molar-refractivity contribution is 7.89. The fourth-order valence-corrected chi connectivity index (χ4v) is 5.36. The van der Waals surface area contributed by atoms with Crippen LogP contribution in [0.25, 0.3) is 16.4 Å². The molecule has 1 fully saturated rings. The smallest absolute Gasteiger partial charge is 0.243 e. The molecular weight excluding hydrogens is 384 g/mol. The molecule has 1 aliphatic heterocycles. The predicted octanol–water partition coefficient (Wildman–Crippen LogP) is 2.99. The maximum atomic E-state index is 13.1. The first-order chi connectivity index (χ1) is 14.1. The third-order valence-electron chi connectivity index (χ3n) is 5.49. The van der Waals surface area contributed by atoms with Crippen molar-refractivity contribution in [3.05, 3.63) is 78.8 Å². The Balaban J connectivity index is 1.28. The molecule has 3 heterocycles. The van der Waals surface area contributed by atoms with Crippen molar-refractivity contribution in [2.75, 3.05) is 26.2 Å². The molecule has 0 unspecified atom stereocenters. The Kier molecular flexibility index (Phi) is 4.58. The number of pyridine rings is 1. The monoisotopic (exact) mass is 406 g/mol. The van der Waals surface area contributed by atoms with Gasteiger partial charge >= 0.3 is 0 Å². The molecule has 2 aromatic heterocycles. The van der Waals surface area contributed by atoms with Gasteiger partial charge in [0.15, 0.2) is 0 Å². The molecule has 29 heavy (non-hydrogen) atoms. The molecule has 1 saturated heterocycles. The lowest BCUT2D eigenvalue weighted by Crippen LogP contribution is -2.48. The van der Waals surface area contributed by atoms with Gasteiger partial charge in [-0.3, -0.25) is 4.90 Å². The SMILES string of the molecule is O=S(=O)(c1ccc2ccccc2c1)N1CCN(Cc2cn3ccccc3n2)CC1. The molecule has 0 spiro atoms. The van der Waals surface area contributed by atoms with Gasteiger partial charge < -0.3 is 4.40 Å². The second kappa shape index (κ2) is 7.26. The van der Waals surface area contributed by atoms with E-state index in [1.807, 2.05) is 65.3 Å². The maximum absolute atomic E-state index is 13.1. The van der Waals surface area contributed by atoms with Gasteiger partial charge in [-0.25, -0.2) is 13.4 Å². The van der Waals surface area contributed by atoms with Crippen molar-refractivity contribution in [1.82, 2.24) is 18.6 Å². The summed E-state index contributed by atoms with van der Waals surface area (Å²) in [5.41, 5.74) is 1.93. The van der Waals surface area contributed by atoms with Crippen molar-refractivity contribution in [2.24, 2.45) is 0 Å². The number of fused-ring (bicyclic) bond motifs is 2. The largest absolute Gasteiger partial charge is 0.307 e. The normalized spacial score (nSPS) is 16.6. The van der Waals surface area contributed by atoms with Crippen LogP contribution in [-0.2, 0) is 16.6 Å². The Morgan fingerprint density at radius 3 is 2.41 bits per heavy atom. The second-order valence-corrected chi connectivity index (χ2v) is 9.33. The van der Waals surface area contributed by atoms with E-state index in [1.165, 1.54) is 0 Å². The molecule has 5 rings (SSSR count). The zero-order chi connectivity index (χ0) is 19.8. The first-order valence-corrected chi connectivity index (χ1v) is 11.2. The number of hydrogen-bond acceptors (Lipinski definition) is 4. The van der Waals surface area contributed by atoms with Gasteiger partial charge in [-0.2, -0.15) is 4.31 Å². The van der Waals surface area contributed by atoms with Crippen LogP contribution in [0.5, 0.6) is 0 Å². The molecule has 0 bridgehead atoms. The molecular formula is C22H22N4O2S. The molecule has 1 aliphatic rings. The van der Waals surface area contributed by atoms with Crippen LogP contribution in [0.15, 0.2) is 78.0 Å². The minimum absolute atomic E-state index is 0.366. The number of nitrogens with zero attached hydrogens (tertiary/aromatic N) is 4. The number of benzene rings is 2. The quantitative estimate of drug-likeness (QED) is 0.523. The Morgan fingerprint density at radius 2 is 1.62 bits per heavy atom. The van der Waals surface area contributed by atoms with Crippen LogP contribution in [-0.4, -0.2) is 53.2 Å². The fourth-order valence-electron chi connectivity index (χ4n) is 3.90. The minimum atomic E-state index is -3.48. The van der Waals surface area contributed by atoms with E-state index < -0.39 is 10.0 Å². The van der Waals surface area contributed by atoms with E-state index in [0.717, 1.165) is 28.7 Å². The van der Waals surface area contributed by atoms with Crippen LogP contribution < -0.4 is 0 Å². The molecule has 0 N–H and O–H groups in total. The zero-order valence-electron chi connectivity index (χ0n) is 16.0. The third kappa shape index (κ3) is 3.53. The van der Waals surface area contributed by atoms with E-state index in [9.17, 15) is 8.42 Å². The van der Waals surface area contributed by atoms with E-state index in [0.29, 0.717) is 31.1 Å². The molecule has 0 atom stereocenters. The van der Waals surface area contributed by atoms with Gasteiger partial charge in [0.25, 0.3) is 0 Å². The van der Waals surface area contributed by atoms with E-state index in [2.05, 4.69) is 9.88 Å². The number of rotatable bonds is 4. The average molecular weight is 407 g/mol. The Hall–Kier alpha value is -2.74. The zero-order valence-corrected chi connectivity index (χ0v) is 16.8. The van der Waals surface area contributed by atoms with Crippen LogP contribution >= 0.6 is 0 Å². The number of piperazine rings is 1. The van der Waals surface area contributed by atoms with Crippen LogP contribution in [0.4, 0.5) is 0 Å². The summed E-state index contributed by atoms with van der Waals surface area (Å²) >= 11 is 0. The molecule has 0 saturated carbocycles.